The Morgan fingerprint density at radius 2 is 0.597 bits per heavy atom. The number of hydrogen-bond donors (Lipinski definition) is 20. The van der Waals surface area contributed by atoms with E-state index in [9.17, 15) is 102 Å². The lowest BCUT2D eigenvalue weighted by atomic mass is 9.95. The SMILES string of the molecule is OC[C@H]1O[C@@H](O[C@@H]2[C@H](O)[C@@H](O)[C@H](OC[C@H]3O[C@H](O[C@@H]4[C@H](O)[C@H](O[C@@H]5[C@@H](O)[C@@H](O)O[C@H](CO)[C@@H]5O)O[C@H](CO)[C@H]4O)[C@H](O[C@H]4O[C@H](CO)[C@H](O)[C@H](O)[C@H]4O)[C@@H](O)[C@@H]3O)O[C@@H]2CO)[C@H](O)[C@@H](O)[C@H]1O. The number of aliphatic hydroxyl groups excluding tert-OH is 20. The van der Waals surface area contributed by atoms with Gasteiger partial charge in [0, 0.05) is 0 Å². The lowest BCUT2D eigenvalue weighted by Gasteiger charge is -2.49. The summed E-state index contributed by atoms with van der Waals surface area (Å²) in [6.45, 7) is -5.59. The van der Waals surface area contributed by atoms with Crippen molar-refractivity contribution in [2.45, 2.75) is 184 Å². The van der Waals surface area contributed by atoms with Gasteiger partial charge in [0.05, 0.1) is 39.6 Å². The van der Waals surface area contributed by atoms with Crippen LogP contribution in [0.2, 0.25) is 0 Å². The highest BCUT2D eigenvalue weighted by atomic mass is 16.8. The van der Waals surface area contributed by atoms with Crippen molar-refractivity contribution < 1.29 is 154 Å². The minimum absolute atomic E-state index is 0.841. The molecule has 67 heavy (non-hydrogen) atoms. The van der Waals surface area contributed by atoms with Crippen LogP contribution in [-0.2, 0) is 52.1 Å². The molecular formula is C36H62O31. The van der Waals surface area contributed by atoms with Crippen LogP contribution in [-0.4, -0.2) is 326 Å². The Labute approximate surface area is 378 Å². The Hall–Kier alpha value is -1.24. The monoisotopic (exact) mass is 990 g/mol. The fourth-order valence-corrected chi connectivity index (χ4v) is 8.38. The molecule has 6 fully saturated rings. The van der Waals surface area contributed by atoms with Gasteiger partial charge < -0.3 is 154 Å². The van der Waals surface area contributed by atoms with Crippen LogP contribution in [0, 0.1) is 0 Å². The molecule has 31 nitrogen and oxygen atoms in total. The predicted octanol–water partition coefficient (Wildman–Crippen LogP) is -14.1. The van der Waals surface area contributed by atoms with Crippen LogP contribution >= 0.6 is 0 Å². The summed E-state index contributed by atoms with van der Waals surface area (Å²) in [5.74, 6) is 0. The van der Waals surface area contributed by atoms with Crippen LogP contribution in [0.5, 0.6) is 0 Å². The van der Waals surface area contributed by atoms with Crippen molar-refractivity contribution in [3.8, 4) is 0 Å². The molecule has 6 rings (SSSR count). The molecule has 0 bridgehead atoms. The van der Waals surface area contributed by atoms with Gasteiger partial charge >= 0.3 is 0 Å². The highest BCUT2D eigenvalue weighted by Gasteiger charge is 2.57. The maximum atomic E-state index is 11.5. The molecule has 20 N–H and O–H groups in total. The van der Waals surface area contributed by atoms with E-state index in [4.69, 9.17) is 52.1 Å². The van der Waals surface area contributed by atoms with Crippen molar-refractivity contribution in [2.24, 2.45) is 0 Å². The third-order valence-corrected chi connectivity index (χ3v) is 12.4. The summed E-state index contributed by atoms with van der Waals surface area (Å²) in [7, 11) is 0. The van der Waals surface area contributed by atoms with E-state index in [-0.39, 0.29) is 0 Å². The largest absolute Gasteiger partial charge is 0.394 e. The second kappa shape index (κ2) is 23.5. The predicted molar refractivity (Wildman–Crippen MR) is 199 cm³/mol. The van der Waals surface area contributed by atoms with Gasteiger partial charge in [-0.3, -0.25) is 0 Å². The Morgan fingerprint density at radius 1 is 0.254 bits per heavy atom. The average Bonchev–Trinajstić information content (AvgIpc) is 3.31. The van der Waals surface area contributed by atoms with Crippen molar-refractivity contribution in [3.63, 3.8) is 0 Å². The van der Waals surface area contributed by atoms with Gasteiger partial charge in [-0.25, -0.2) is 0 Å². The standard InChI is InChI=1S/C36H62O31/c37-1-7-13(42)18(47)22(51)33(59-7)64-27-11(5-41)62-32(24(53)21(27)50)57-6-12-15(44)20(49)30(67-34-23(52)19(48)14(43)8(2-38)60-34)36(63-12)66-29-17(46)10(4-40)61-35(26(29)55)65-28-16(45)9(3-39)58-31(56)25(28)54/h7-56H,1-6H2/t7-,8-,9-,10-,11-,12-,13+,14+,15-,16+,17-,18+,19+,20+,21-,22-,23-,24-,25-,26+,27+,28+,29+,30-,31+,32-,33+,34-,35+,36-/m1/s1. The molecule has 0 amide bonds. The normalized spacial score (nSPS) is 53.4. The van der Waals surface area contributed by atoms with Crippen molar-refractivity contribution in [3.05, 3.63) is 0 Å². The zero-order chi connectivity index (χ0) is 49.3. The molecule has 0 aliphatic carbocycles. The van der Waals surface area contributed by atoms with Gasteiger partial charge in [0.25, 0.3) is 0 Å². The molecule has 392 valence electrons. The molecule has 0 aromatic carbocycles. The van der Waals surface area contributed by atoms with Crippen LogP contribution < -0.4 is 0 Å². The lowest BCUT2D eigenvalue weighted by Crippen LogP contribution is -2.68. The van der Waals surface area contributed by atoms with E-state index in [1.165, 1.54) is 0 Å². The molecule has 0 saturated carbocycles. The highest BCUT2D eigenvalue weighted by Crippen LogP contribution is 2.36. The van der Waals surface area contributed by atoms with Gasteiger partial charge in [0.2, 0.25) is 0 Å². The molecule has 0 unspecified atom stereocenters. The maximum Gasteiger partial charge on any atom is 0.187 e. The molecule has 6 aliphatic rings. The first-order chi connectivity index (χ1) is 31.7. The first-order valence-corrected chi connectivity index (χ1v) is 21.1. The van der Waals surface area contributed by atoms with Crippen molar-refractivity contribution >= 4 is 0 Å². The van der Waals surface area contributed by atoms with Gasteiger partial charge in [0.1, 0.15) is 146 Å². The zero-order valence-corrected chi connectivity index (χ0v) is 35.0. The topological polar surface area (TPSA) is 506 Å². The summed E-state index contributed by atoms with van der Waals surface area (Å²) in [4.78, 5) is 0. The fraction of sp³-hybridized carbons (Fsp3) is 1.00. The van der Waals surface area contributed by atoms with E-state index < -0.39 is 224 Å². The van der Waals surface area contributed by atoms with Crippen LogP contribution in [0.4, 0.5) is 0 Å². The molecule has 31 heteroatoms. The second-order valence-electron chi connectivity index (χ2n) is 16.8. The fourth-order valence-electron chi connectivity index (χ4n) is 8.38. The van der Waals surface area contributed by atoms with E-state index in [1.807, 2.05) is 0 Å². The number of hydrogen-bond acceptors (Lipinski definition) is 31. The number of rotatable bonds is 16. The van der Waals surface area contributed by atoms with Crippen molar-refractivity contribution in [1.82, 2.24) is 0 Å². The summed E-state index contributed by atoms with van der Waals surface area (Å²) in [6.07, 6.45) is -58.1. The van der Waals surface area contributed by atoms with E-state index in [0.717, 1.165) is 0 Å². The zero-order valence-electron chi connectivity index (χ0n) is 35.0. The number of aliphatic hydroxyl groups is 20. The molecule has 0 radical (unpaired) electrons. The molecule has 0 aromatic rings. The van der Waals surface area contributed by atoms with E-state index in [2.05, 4.69) is 0 Å². The molecule has 30 atom stereocenters. The third kappa shape index (κ3) is 11.4. The van der Waals surface area contributed by atoms with Gasteiger partial charge in [-0.1, -0.05) is 0 Å². The minimum Gasteiger partial charge on any atom is -0.394 e. The molecule has 0 spiro atoms. The summed E-state index contributed by atoms with van der Waals surface area (Å²) < 4.78 is 60.9. The smallest absolute Gasteiger partial charge is 0.187 e. The Kier molecular flexibility index (Phi) is 19.4. The molecule has 0 aromatic heterocycles. The summed E-state index contributed by atoms with van der Waals surface area (Å²) in [5, 5.41) is 210. The van der Waals surface area contributed by atoms with Crippen LogP contribution in [0.1, 0.15) is 0 Å². The van der Waals surface area contributed by atoms with Crippen LogP contribution in [0.15, 0.2) is 0 Å². The third-order valence-electron chi connectivity index (χ3n) is 12.4. The number of ether oxygens (including phenoxy) is 11. The highest BCUT2D eigenvalue weighted by molar-refractivity contribution is 4.99. The minimum atomic E-state index is -2.25. The van der Waals surface area contributed by atoms with Crippen LogP contribution in [0.3, 0.4) is 0 Å². The molecule has 6 heterocycles. The second-order valence-corrected chi connectivity index (χ2v) is 16.8. The first-order valence-electron chi connectivity index (χ1n) is 21.1. The van der Waals surface area contributed by atoms with Gasteiger partial charge in [0.15, 0.2) is 37.7 Å². The molecule has 6 saturated heterocycles. The summed E-state index contributed by atoms with van der Waals surface area (Å²) in [5.41, 5.74) is 0. The van der Waals surface area contributed by atoms with E-state index in [0.29, 0.717) is 0 Å². The average molecular weight is 991 g/mol. The van der Waals surface area contributed by atoms with E-state index in [1.54, 1.807) is 0 Å². The first kappa shape index (κ1) is 55.1. The summed E-state index contributed by atoms with van der Waals surface area (Å²) >= 11 is 0. The van der Waals surface area contributed by atoms with Gasteiger partial charge in [-0.2, -0.15) is 0 Å². The maximum absolute atomic E-state index is 11.5. The van der Waals surface area contributed by atoms with Crippen molar-refractivity contribution in [2.75, 3.05) is 39.6 Å². The van der Waals surface area contributed by atoms with Crippen LogP contribution in [0.25, 0.3) is 0 Å². The quantitative estimate of drug-likeness (QED) is 0.0683. The molecular weight excluding hydrogens is 928 g/mol. The van der Waals surface area contributed by atoms with E-state index >= 15 is 0 Å². The Balaban J connectivity index is 1.22. The Bertz CT molecular complexity index is 1500. The van der Waals surface area contributed by atoms with Crippen molar-refractivity contribution in [1.29, 1.82) is 0 Å². The van der Waals surface area contributed by atoms with Gasteiger partial charge in [-0.15, -0.1) is 0 Å². The Morgan fingerprint density at radius 3 is 1.10 bits per heavy atom. The lowest BCUT2D eigenvalue weighted by molar-refractivity contribution is -0.399. The van der Waals surface area contributed by atoms with Gasteiger partial charge in [-0.05, 0) is 0 Å². The molecule has 6 aliphatic heterocycles. The summed E-state index contributed by atoms with van der Waals surface area (Å²) in [6, 6.07) is 0.